The first kappa shape index (κ1) is 10.0. The van der Waals surface area contributed by atoms with Crippen LogP contribution < -0.4 is 15.0 Å². The van der Waals surface area contributed by atoms with Gasteiger partial charge >= 0.3 is 0 Å². The second kappa shape index (κ2) is 3.92. The molecular formula is C9H10FNO4. The summed E-state index contributed by atoms with van der Waals surface area (Å²) in [6.07, 6.45) is 0. The number of benzene rings is 1. The van der Waals surface area contributed by atoms with Crippen LogP contribution in [0.25, 0.3) is 0 Å². The molecule has 0 aromatic heterocycles. The third-order valence-electron chi connectivity index (χ3n) is 2.10. The van der Waals surface area contributed by atoms with Crippen LogP contribution in [-0.2, 0) is 6.54 Å². The number of nitrogens with one attached hydrogen (secondary N) is 1. The second-order valence-corrected chi connectivity index (χ2v) is 3.06. The molecule has 15 heavy (non-hydrogen) atoms. The molecule has 0 unspecified atom stereocenters. The molecule has 0 aliphatic carbocycles. The summed E-state index contributed by atoms with van der Waals surface area (Å²) in [5.41, 5.74) is 2.04. The van der Waals surface area contributed by atoms with Crippen molar-refractivity contribution in [3.63, 3.8) is 0 Å². The quantitative estimate of drug-likeness (QED) is 0.636. The molecule has 5 nitrogen and oxygen atoms in total. The molecule has 82 valence electrons. The Hall–Kier alpha value is -1.53. The number of hydrogen-bond acceptors (Lipinski definition) is 5. The van der Waals surface area contributed by atoms with Crippen molar-refractivity contribution < 1.29 is 24.2 Å². The molecule has 6 heteroatoms. The van der Waals surface area contributed by atoms with Gasteiger partial charge in [0.15, 0.2) is 11.5 Å². The molecule has 1 aliphatic heterocycles. The van der Waals surface area contributed by atoms with E-state index in [9.17, 15) is 9.50 Å². The number of halogens is 1. The van der Waals surface area contributed by atoms with Gasteiger partial charge in [0.2, 0.25) is 11.6 Å². The summed E-state index contributed by atoms with van der Waals surface area (Å²) >= 11 is 0. The molecule has 0 atom stereocenters. The fourth-order valence-corrected chi connectivity index (χ4v) is 1.41. The van der Waals surface area contributed by atoms with Gasteiger partial charge in [-0.3, -0.25) is 0 Å². The number of aromatic hydroxyl groups is 1. The topological polar surface area (TPSA) is 71.0 Å². The molecule has 0 saturated heterocycles. The maximum absolute atomic E-state index is 13.5. The van der Waals surface area contributed by atoms with E-state index in [2.05, 4.69) is 0 Å². The van der Waals surface area contributed by atoms with Crippen LogP contribution in [-0.4, -0.2) is 23.5 Å². The zero-order valence-corrected chi connectivity index (χ0v) is 7.79. The van der Waals surface area contributed by atoms with Gasteiger partial charge in [0.1, 0.15) is 13.2 Å². The third-order valence-corrected chi connectivity index (χ3v) is 2.10. The minimum absolute atomic E-state index is 0.0700. The first-order valence-corrected chi connectivity index (χ1v) is 4.41. The molecule has 1 heterocycles. The van der Waals surface area contributed by atoms with Gasteiger partial charge in [-0.25, -0.2) is 5.48 Å². The Morgan fingerprint density at radius 3 is 2.87 bits per heavy atom. The Bertz CT molecular complexity index is 383. The SMILES string of the molecule is ONCc1cc2c(c(F)c1O)OCCO2. The third kappa shape index (κ3) is 1.69. The number of hydroxylamine groups is 1. The van der Waals surface area contributed by atoms with Gasteiger partial charge in [0, 0.05) is 12.1 Å². The lowest BCUT2D eigenvalue weighted by Gasteiger charge is -2.20. The van der Waals surface area contributed by atoms with Crippen molar-refractivity contribution in [2.45, 2.75) is 6.54 Å². The van der Waals surface area contributed by atoms with Crippen molar-refractivity contribution in [2.24, 2.45) is 0 Å². The molecule has 0 fully saturated rings. The number of ether oxygens (including phenoxy) is 2. The molecule has 0 amide bonds. The normalized spacial score (nSPS) is 14.0. The largest absolute Gasteiger partial charge is 0.504 e. The Morgan fingerprint density at radius 2 is 2.13 bits per heavy atom. The van der Waals surface area contributed by atoms with Crippen LogP contribution in [0.2, 0.25) is 0 Å². The summed E-state index contributed by atoms with van der Waals surface area (Å²) in [4.78, 5) is 0. The molecule has 0 spiro atoms. The first-order chi connectivity index (χ1) is 7.24. The number of rotatable bonds is 2. The van der Waals surface area contributed by atoms with Gasteiger partial charge in [-0.05, 0) is 6.07 Å². The molecule has 1 aromatic carbocycles. The van der Waals surface area contributed by atoms with E-state index in [1.54, 1.807) is 0 Å². The fourth-order valence-electron chi connectivity index (χ4n) is 1.41. The second-order valence-electron chi connectivity index (χ2n) is 3.06. The summed E-state index contributed by atoms with van der Waals surface area (Å²) < 4.78 is 23.7. The standard InChI is InChI=1S/C9H10FNO4/c10-7-8(12)5(4-11-13)3-6-9(7)15-2-1-14-6/h3,11-13H,1-2,4H2. The van der Waals surface area contributed by atoms with E-state index in [4.69, 9.17) is 14.7 Å². The Morgan fingerprint density at radius 1 is 1.40 bits per heavy atom. The molecule has 0 saturated carbocycles. The fraction of sp³-hybridized carbons (Fsp3) is 0.333. The van der Waals surface area contributed by atoms with E-state index in [-0.39, 0.29) is 30.2 Å². The maximum Gasteiger partial charge on any atom is 0.210 e. The highest BCUT2D eigenvalue weighted by molar-refractivity contribution is 5.52. The smallest absolute Gasteiger partial charge is 0.210 e. The van der Waals surface area contributed by atoms with Crippen LogP contribution in [0.4, 0.5) is 4.39 Å². The van der Waals surface area contributed by atoms with E-state index in [0.717, 1.165) is 0 Å². The highest BCUT2D eigenvalue weighted by atomic mass is 19.1. The molecule has 1 aliphatic rings. The van der Waals surface area contributed by atoms with E-state index in [1.807, 2.05) is 5.48 Å². The predicted molar refractivity (Wildman–Crippen MR) is 47.7 cm³/mol. The lowest BCUT2D eigenvalue weighted by Crippen LogP contribution is -2.17. The zero-order valence-electron chi connectivity index (χ0n) is 7.79. The summed E-state index contributed by atoms with van der Waals surface area (Å²) in [5.74, 6) is -1.25. The van der Waals surface area contributed by atoms with E-state index in [0.29, 0.717) is 6.61 Å². The molecule has 1 aromatic rings. The molecule has 0 radical (unpaired) electrons. The highest BCUT2D eigenvalue weighted by Crippen LogP contribution is 2.39. The Kier molecular flexibility index (Phi) is 2.61. The van der Waals surface area contributed by atoms with Crippen LogP contribution in [0.1, 0.15) is 5.56 Å². The van der Waals surface area contributed by atoms with Crippen LogP contribution in [0.5, 0.6) is 17.2 Å². The average molecular weight is 215 g/mol. The van der Waals surface area contributed by atoms with Crippen molar-refractivity contribution in [1.29, 1.82) is 0 Å². The summed E-state index contributed by atoms with van der Waals surface area (Å²) in [5, 5.41) is 17.9. The van der Waals surface area contributed by atoms with Crippen molar-refractivity contribution in [1.82, 2.24) is 5.48 Å². The molecule has 3 N–H and O–H groups in total. The van der Waals surface area contributed by atoms with E-state index < -0.39 is 11.6 Å². The van der Waals surface area contributed by atoms with Gasteiger partial charge in [0.25, 0.3) is 0 Å². The Labute approximate surface area is 85.0 Å². The van der Waals surface area contributed by atoms with Gasteiger partial charge < -0.3 is 19.8 Å². The first-order valence-electron chi connectivity index (χ1n) is 4.41. The van der Waals surface area contributed by atoms with Crippen LogP contribution in [0.3, 0.4) is 0 Å². The molecule has 0 bridgehead atoms. The lowest BCUT2D eigenvalue weighted by atomic mass is 10.1. The Balaban J connectivity index is 2.47. The van der Waals surface area contributed by atoms with E-state index >= 15 is 0 Å². The minimum atomic E-state index is -0.863. The number of fused-ring (bicyclic) bond motifs is 1. The average Bonchev–Trinajstić information content (AvgIpc) is 2.26. The van der Waals surface area contributed by atoms with Crippen molar-refractivity contribution in [3.05, 3.63) is 17.4 Å². The van der Waals surface area contributed by atoms with Crippen molar-refractivity contribution in [2.75, 3.05) is 13.2 Å². The summed E-state index contributed by atoms with van der Waals surface area (Å²) in [6, 6.07) is 1.43. The summed E-state index contributed by atoms with van der Waals surface area (Å²) in [6.45, 7) is 0.517. The van der Waals surface area contributed by atoms with Gasteiger partial charge in [-0.2, -0.15) is 4.39 Å². The zero-order chi connectivity index (χ0) is 10.8. The van der Waals surface area contributed by atoms with Gasteiger partial charge in [-0.1, -0.05) is 0 Å². The lowest BCUT2D eigenvalue weighted by molar-refractivity contribution is 0.154. The predicted octanol–water partition coefficient (Wildman–Crippen LogP) is 0.781. The highest BCUT2D eigenvalue weighted by Gasteiger charge is 2.22. The maximum atomic E-state index is 13.5. The van der Waals surface area contributed by atoms with Crippen LogP contribution >= 0.6 is 0 Å². The van der Waals surface area contributed by atoms with Gasteiger partial charge in [-0.15, -0.1) is 0 Å². The number of phenols is 1. The van der Waals surface area contributed by atoms with Crippen LogP contribution in [0.15, 0.2) is 6.07 Å². The van der Waals surface area contributed by atoms with Gasteiger partial charge in [0.05, 0.1) is 0 Å². The van der Waals surface area contributed by atoms with Crippen molar-refractivity contribution in [3.8, 4) is 17.2 Å². The number of hydrogen-bond donors (Lipinski definition) is 3. The van der Waals surface area contributed by atoms with E-state index in [1.165, 1.54) is 6.07 Å². The van der Waals surface area contributed by atoms with Crippen LogP contribution in [0, 0.1) is 5.82 Å². The summed E-state index contributed by atoms with van der Waals surface area (Å²) in [7, 11) is 0. The number of phenolic OH excluding ortho intramolecular Hbond substituents is 1. The monoisotopic (exact) mass is 215 g/mol. The minimum Gasteiger partial charge on any atom is -0.504 e. The van der Waals surface area contributed by atoms with Crippen molar-refractivity contribution >= 4 is 0 Å². The molecular weight excluding hydrogens is 205 g/mol. The molecule has 2 rings (SSSR count).